The Morgan fingerprint density at radius 2 is 1.87 bits per heavy atom. The van der Waals surface area contributed by atoms with Crippen LogP contribution in [0.2, 0.25) is 0 Å². The van der Waals surface area contributed by atoms with Crippen LogP contribution in [0, 0.1) is 6.92 Å². The summed E-state index contributed by atoms with van der Waals surface area (Å²) < 4.78 is 27.3. The molecule has 6 heteroatoms. The molecule has 0 unspecified atom stereocenters. The number of carbonyl (C=O) groups excluding carboxylic acids is 1. The van der Waals surface area contributed by atoms with Crippen molar-refractivity contribution in [2.75, 3.05) is 11.9 Å². The molecule has 23 heavy (non-hydrogen) atoms. The molecule has 0 aliphatic carbocycles. The molecule has 0 radical (unpaired) electrons. The molecule has 0 bridgehead atoms. The van der Waals surface area contributed by atoms with E-state index in [4.69, 9.17) is 0 Å². The molecule has 120 valence electrons. The Morgan fingerprint density at radius 3 is 2.61 bits per heavy atom. The second kappa shape index (κ2) is 6.14. The van der Waals surface area contributed by atoms with Crippen molar-refractivity contribution in [2.24, 2.45) is 0 Å². The lowest BCUT2D eigenvalue weighted by Gasteiger charge is -2.08. The third-order valence-corrected chi connectivity index (χ3v) is 5.30. The Labute approximate surface area is 135 Å². The van der Waals surface area contributed by atoms with Crippen LogP contribution in [-0.4, -0.2) is 20.9 Å². The summed E-state index contributed by atoms with van der Waals surface area (Å²) >= 11 is 0. The minimum Gasteiger partial charge on any atom is -0.326 e. The van der Waals surface area contributed by atoms with Crippen molar-refractivity contribution in [3.8, 4) is 0 Å². The summed E-state index contributed by atoms with van der Waals surface area (Å²) in [5.74, 6) is -0.109. The molecule has 1 aliphatic heterocycles. The Hall–Kier alpha value is -2.18. The van der Waals surface area contributed by atoms with Gasteiger partial charge in [0.25, 0.3) is 0 Å². The molecule has 1 aliphatic rings. The fourth-order valence-electron chi connectivity index (χ4n) is 2.54. The Bertz CT molecular complexity index is 843. The van der Waals surface area contributed by atoms with Gasteiger partial charge in [-0.05, 0) is 42.7 Å². The average Bonchev–Trinajstić information content (AvgIpc) is 2.88. The van der Waals surface area contributed by atoms with Gasteiger partial charge in [-0.2, -0.15) is 0 Å². The van der Waals surface area contributed by atoms with Gasteiger partial charge >= 0.3 is 0 Å². The van der Waals surface area contributed by atoms with Gasteiger partial charge in [0.15, 0.2) is 0 Å². The number of nitrogens with one attached hydrogen (secondary N) is 2. The van der Waals surface area contributed by atoms with Crippen molar-refractivity contribution in [3.05, 3.63) is 59.2 Å². The molecule has 2 aromatic rings. The van der Waals surface area contributed by atoms with Crippen LogP contribution in [-0.2, 0) is 27.7 Å². The molecular weight excluding hydrogens is 312 g/mol. The fraction of sp³-hybridized carbons (Fsp3) is 0.235. The normalized spacial score (nSPS) is 13.7. The minimum absolute atomic E-state index is 0.109. The van der Waals surface area contributed by atoms with Crippen LogP contribution in [0.15, 0.2) is 47.4 Å². The number of fused-ring (bicyclic) bond motifs is 1. The molecule has 1 heterocycles. The van der Waals surface area contributed by atoms with Gasteiger partial charge in [-0.15, -0.1) is 0 Å². The van der Waals surface area contributed by atoms with E-state index in [9.17, 15) is 13.2 Å². The van der Waals surface area contributed by atoms with E-state index in [-0.39, 0.29) is 17.2 Å². The number of hydrogen-bond acceptors (Lipinski definition) is 3. The standard InChI is InChI=1S/C17H18N2O3S/c1-12-2-4-13(5-3-12)8-9-18-23(21,22)15-6-7-16-14(10-15)11-17(20)19-16/h2-7,10,18H,8-9,11H2,1H3,(H,19,20). The lowest BCUT2D eigenvalue weighted by Crippen LogP contribution is -2.26. The van der Waals surface area contributed by atoms with Crippen LogP contribution >= 0.6 is 0 Å². The topological polar surface area (TPSA) is 75.3 Å². The maximum absolute atomic E-state index is 12.3. The zero-order chi connectivity index (χ0) is 16.4. The highest BCUT2D eigenvalue weighted by atomic mass is 32.2. The molecule has 0 atom stereocenters. The average molecular weight is 330 g/mol. The van der Waals surface area contributed by atoms with Crippen molar-refractivity contribution >= 4 is 21.6 Å². The Morgan fingerprint density at radius 1 is 1.13 bits per heavy atom. The van der Waals surface area contributed by atoms with Crippen molar-refractivity contribution in [1.29, 1.82) is 0 Å². The first kappa shape index (κ1) is 15.7. The second-order valence-electron chi connectivity index (χ2n) is 5.68. The van der Waals surface area contributed by atoms with Gasteiger partial charge < -0.3 is 5.32 Å². The number of anilines is 1. The number of carbonyl (C=O) groups is 1. The fourth-order valence-corrected chi connectivity index (χ4v) is 3.62. The number of aryl methyl sites for hydroxylation is 1. The lowest BCUT2D eigenvalue weighted by molar-refractivity contribution is -0.115. The first-order valence-corrected chi connectivity index (χ1v) is 8.90. The third kappa shape index (κ3) is 3.60. The molecule has 2 aromatic carbocycles. The molecule has 0 aromatic heterocycles. The number of hydrogen-bond donors (Lipinski definition) is 2. The SMILES string of the molecule is Cc1ccc(CCNS(=O)(=O)c2ccc3c(c2)CC(=O)N3)cc1. The zero-order valence-electron chi connectivity index (χ0n) is 12.8. The smallest absolute Gasteiger partial charge is 0.240 e. The monoisotopic (exact) mass is 330 g/mol. The largest absolute Gasteiger partial charge is 0.326 e. The predicted octanol–water partition coefficient (Wildman–Crippen LogP) is 2.01. The van der Waals surface area contributed by atoms with Gasteiger partial charge in [-0.3, -0.25) is 4.79 Å². The Kier molecular flexibility index (Phi) is 4.19. The number of amides is 1. The van der Waals surface area contributed by atoms with E-state index < -0.39 is 10.0 Å². The maximum atomic E-state index is 12.3. The van der Waals surface area contributed by atoms with E-state index in [1.807, 2.05) is 31.2 Å². The number of benzene rings is 2. The molecule has 2 N–H and O–H groups in total. The zero-order valence-corrected chi connectivity index (χ0v) is 13.6. The van der Waals surface area contributed by atoms with E-state index in [0.29, 0.717) is 18.7 Å². The van der Waals surface area contributed by atoms with Crippen molar-refractivity contribution in [2.45, 2.75) is 24.7 Å². The van der Waals surface area contributed by atoms with Crippen LogP contribution < -0.4 is 10.0 Å². The third-order valence-electron chi connectivity index (χ3n) is 3.84. The van der Waals surface area contributed by atoms with E-state index in [0.717, 1.165) is 11.1 Å². The molecule has 1 amide bonds. The quantitative estimate of drug-likeness (QED) is 0.880. The number of rotatable bonds is 5. The molecule has 0 saturated heterocycles. The molecule has 5 nitrogen and oxygen atoms in total. The van der Waals surface area contributed by atoms with Gasteiger partial charge in [-0.1, -0.05) is 29.8 Å². The van der Waals surface area contributed by atoms with Crippen LogP contribution in [0.25, 0.3) is 0 Å². The van der Waals surface area contributed by atoms with Crippen molar-refractivity contribution in [3.63, 3.8) is 0 Å². The maximum Gasteiger partial charge on any atom is 0.240 e. The highest BCUT2D eigenvalue weighted by Crippen LogP contribution is 2.25. The van der Waals surface area contributed by atoms with E-state index in [2.05, 4.69) is 10.0 Å². The van der Waals surface area contributed by atoms with Crippen molar-refractivity contribution < 1.29 is 13.2 Å². The van der Waals surface area contributed by atoms with Crippen LogP contribution in [0.3, 0.4) is 0 Å². The van der Waals surface area contributed by atoms with E-state index in [1.165, 1.54) is 11.6 Å². The van der Waals surface area contributed by atoms with Crippen LogP contribution in [0.1, 0.15) is 16.7 Å². The summed E-state index contributed by atoms with van der Waals surface area (Å²) in [6.07, 6.45) is 0.854. The van der Waals surface area contributed by atoms with Gasteiger partial charge in [0.05, 0.1) is 11.3 Å². The van der Waals surface area contributed by atoms with Crippen LogP contribution in [0.5, 0.6) is 0 Å². The summed E-state index contributed by atoms with van der Waals surface area (Å²) in [6, 6.07) is 12.7. The summed E-state index contributed by atoms with van der Waals surface area (Å²) in [7, 11) is -3.57. The summed E-state index contributed by atoms with van der Waals surface area (Å²) in [5, 5.41) is 2.69. The molecule has 0 spiro atoms. The molecule has 3 rings (SSSR count). The van der Waals surface area contributed by atoms with E-state index >= 15 is 0 Å². The molecule has 0 fully saturated rings. The molecular formula is C17H18N2O3S. The summed E-state index contributed by atoms with van der Waals surface area (Å²) in [6.45, 7) is 2.35. The van der Waals surface area contributed by atoms with Gasteiger partial charge in [0.2, 0.25) is 15.9 Å². The van der Waals surface area contributed by atoms with Crippen molar-refractivity contribution in [1.82, 2.24) is 4.72 Å². The summed E-state index contributed by atoms with van der Waals surface area (Å²) in [5.41, 5.74) is 3.67. The second-order valence-corrected chi connectivity index (χ2v) is 7.44. The van der Waals surface area contributed by atoms with Gasteiger partial charge in [-0.25, -0.2) is 13.1 Å². The lowest BCUT2D eigenvalue weighted by atomic mass is 10.1. The summed E-state index contributed by atoms with van der Waals surface area (Å²) in [4.78, 5) is 11.5. The first-order chi connectivity index (χ1) is 10.9. The van der Waals surface area contributed by atoms with Gasteiger partial charge in [0, 0.05) is 12.2 Å². The number of sulfonamides is 1. The minimum atomic E-state index is -3.57. The predicted molar refractivity (Wildman–Crippen MR) is 88.8 cm³/mol. The highest BCUT2D eigenvalue weighted by Gasteiger charge is 2.21. The van der Waals surface area contributed by atoms with Crippen LogP contribution in [0.4, 0.5) is 5.69 Å². The molecule has 0 saturated carbocycles. The van der Waals surface area contributed by atoms with Gasteiger partial charge in [0.1, 0.15) is 0 Å². The highest BCUT2D eigenvalue weighted by molar-refractivity contribution is 7.89. The Balaban J connectivity index is 1.66. The van der Waals surface area contributed by atoms with E-state index in [1.54, 1.807) is 12.1 Å². The first-order valence-electron chi connectivity index (χ1n) is 7.42.